The highest BCUT2D eigenvalue weighted by molar-refractivity contribution is 9.11. The van der Waals surface area contributed by atoms with Crippen molar-refractivity contribution in [1.29, 1.82) is 0 Å². The van der Waals surface area contributed by atoms with Crippen LogP contribution >= 0.6 is 39.1 Å². The fourth-order valence-electron chi connectivity index (χ4n) is 0.367. The summed E-state index contributed by atoms with van der Waals surface area (Å²) in [5.41, 5.74) is 0.302. The summed E-state index contributed by atoms with van der Waals surface area (Å²) in [7, 11) is -1.52. The molecule has 0 saturated carbocycles. The summed E-state index contributed by atoms with van der Waals surface area (Å²) in [5, 5.41) is 17.3. The molecule has 0 aliphatic heterocycles. The van der Waals surface area contributed by atoms with Crippen LogP contribution in [-0.4, -0.2) is 28.9 Å². The third-order valence-electron chi connectivity index (χ3n) is 0.921. The lowest BCUT2D eigenvalue weighted by molar-refractivity contribution is 0.419. The molecule has 0 atom stereocenters. The zero-order valence-electron chi connectivity index (χ0n) is 5.02. The maximum Gasteiger partial charge on any atom is 0.486 e. The summed E-state index contributed by atoms with van der Waals surface area (Å²) in [6, 6.07) is 0. The van der Waals surface area contributed by atoms with Gasteiger partial charge in [0, 0.05) is 10.4 Å². The monoisotopic (exact) mass is 246 g/mol. The second kappa shape index (κ2) is 5.44. The van der Waals surface area contributed by atoms with Crippen LogP contribution in [0.4, 0.5) is 0 Å². The molecule has 10 heavy (non-hydrogen) atoms. The molecule has 0 aliphatic rings. The Balaban J connectivity index is 4.29. The van der Waals surface area contributed by atoms with Crippen LogP contribution in [0.5, 0.6) is 0 Å². The fourth-order valence-corrected chi connectivity index (χ4v) is 1.34. The van der Waals surface area contributed by atoms with E-state index < -0.39 is 7.12 Å². The number of rotatable bonds is 3. The van der Waals surface area contributed by atoms with Crippen molar-refractivity contribution >= 4 is 46.3 Å². The summed E-state index contributed by atoms with van der Waals surface area (Å²) in [5.74, 6) is 0.255. The van der Waals surface area contributed by atoms with Crippen molar-refractivity contribution in [3.63, 3.8) is 0 Å². The van der Waals surface area contributed by atoms with Gasteiger partial charge in [-0.15, -0.1) is 23.2 Å². The molecule has 0 bridgehead atoms. The molecule has 0 heterocycles. The zero-order chi connectivity index (χ0) is 8.15. The van der Waals surface area contributed by atoms with E-state index in [9.17, 15) is 0 Å². The summed E-state index contributed by atoms with van der Waals surface area (Å²) in [6.07, 6.45) is 0. The lowest BCUT2D eigenvalue weighted by Crippen LogP contribution is -2.18. The lowest BCUT2D eigenvalue weighted by atomic mass is 9.80. The molecule has 0 unspecified atom stereocenters. The summed E-state index contributed by atoms with van der Waals surface area (Å²) in [4.78, 5) is 0. The largest absolute Gasteiger partial charge is 0.486 e. The van der Waals surface area contributed by atoms with Gasteiger partial charge in [-0.25, -0.2) is 0 Å². The van der Waals surface area contributed by atoms with Crippen LogP contribution in [-0.2, 0) is 0 Å². The van der Waals surface area contributed by atoms with Gasteiger partial charge >= 0.3 is 7.12 Å². The minimum atomic E-state index is -1.52. The SMILES string of the molecule is OB(O)/C(CCl)=C(\Br)CCl. The van der Waals surface area contributed by atoms with Crippen molar-refractivity contribution in [3.05, 3.63) is 9.95 Å². The van der Waals surface area contributed by atoms with Crippen molar-refractivity contribution in [1.82, 2.24) is 0 Å². The van der Waals surface area contributed by atoms with Gasteiger partial charge < -0.3 is 10.0 Å². The quantitative estimate of drug-likeness (QED) is 0.580. The van der Waals surface area contributed by atoms with Crippen LogP contribution in [0.1, 0.15) is 0 Å². The van der Waals surface area contributed by atoms with Crippen LogP contribution in [0, 0.1) is 0 Å². The van der Waals surface area contributed by atoms with Gasteiger partial charge in [0.2, 0.25) is 0 Å². The molecule has 0 rings (SSSR count). The minimum Gasteiger partial charge on any atom is -0.423 e. The third-order valence-corrected chi connectivity index (χ3v) is 2.59. The predicted molar refractivity (Wildman–Crippen MR) is 47.6 cm³/mol. The van der Waals surface area contributed by atoms with Crippen molar-refractivity contribution in [2.24, 2.45) is 0 Å². The molecule has 0 radical (unpaired) electrons. The molecular formula is C4H6BBrCl2O2. The topological polar surface area (TPSA) is 40.5 Å². The number of allylic oxidation sites excluding steroid dienone is 2. The minimum absolute atomic E-state index is 0.0605. The molecule has 0 aliphatic carbocycles. The predicted octanol–water partition coefficient (Wildman–Crippen LogP) is 1.12. The van der Waals surface area contributed by atoms with E-state index in [0.29, 0.717) is 9.95 Å². The van der Waals surface area contributed by atoms with Gasteiger partial charge in [0.25, 0.3) is 0 Å². The molecule has 2 nitrogen and oxygen atoms in total. The van der Waals surface area contributed by atoms with Gasteiger partial charge in [-0.2, -0.15) is 0 Å². The van der Waals surface area contributed by atoms with Crippen molar-refractivity contribution in [2.45, 2.75) is 0 Å². The molecule has 58 valence electrons. The van der Waals surface area contributed by atoms with Crippen LogP contribution in [0.2, 0.25) is 0 Å². The van der Waals surface area contributed by atoms with E-state index in [1.807, 2.05) is 0 Å². The molecule has 0 spiro atoms. The number of alkyl halides is 2. The van der Waals surface area contributed by atoms with E-state index in [1.165, 1.54) is 0 Å². The standard InChI is InChI=1S/C4H6BBrCl2O2/c6-4(2-8)3(1-7)5(9)10/h9-10H,1-2H2/b4-3-. The molecule has 0 fully saturated rings. The first-order chi connectivity index (χ1) is 4.63. The number of hydrogen-bond acceptors (Lipinski definition) is 2. The average molecular weight is 248 g/mol. The molecule has 2 N–H and O–H groups in total. The molecule has 0 aromatic carbocycles. The van der Waals surface area contributed by atoms with Crippen molar-refractivity contribution in [3.8, 4) is 0 Å². The van der Waals surface area contributed by atoms with Crippen LogP contribution in [0.3, 0.4) is 0 Å². The highest BCUT2D eigenvalue weighted by Crippen LogP contribution is 2.15. The normalized spacial score (nSPS) is 12.9. The molecule has 0 saturated heterocycles. The van der Waals surface area contributed by atoms with Gasteiger partial charge in [0.1, 0.15) is 0 Å². The van der Waals surface area contributed by atoms with Crippen molar-refractivity contribution < 1.29 is 10.0 Å². The Morgan fingerprint density at radius 3 is 1.90 bits per heavy atom. The molecule has 0 aromatic rings. The Morgan fingerprint density at radius 1 is 1.30 bits per heavy atom. The Hall–Kier alpha value is 0.785. The van der Waals surface area contributed by atoms with E-state index in [1.54, 1.807) is 0 Å². The van der Waals surface area contributed by atoms with Gasteiger partial charge in [-0.1, -0.05) is 15.9 Å². The van der Waals surface area contributed by atoms with Crippen LogP contribution in [0.25, 0.3) is 0 Å². The summed E-state index contributed by atoms with van der Waals surface area (Å²) in [6.45, 7) is 0. The molecule has 6 heteroatoms. The maximum absolute atomic E-state index is 8.64. The highest BCUT2D eigenvalue weighted by Gasteiger charge is 2.16. The van der Waals surface area contributed by atoms with Gasteiger partial charge in [-0.3, -0.25) is 0 Å². The first kappa shape index (κ1) is 10.8. The van der Waals surface area contributed by atoms with Crippen LogP contribution < -0.4 is 0 Å². The average Bonchev–Trinajstić information content (AvgIpc) is 1.88. The van der Waals surface area contributed by atoms with E-state index in [0.717, 1.165) is 0 Å². The Kier molecular flexibility index (Phi) is 5.86. The van der Waals surface area contributed by atoms with Crippen LogP contribution in [0.15, 0.2) is 9.95 Å². The fraction of sp³-hybridized carbons (Fsp3) is 0.500. The lowest BCUT2D eigenvalue weighted by Gasteiger charge is -2.02. The first-order valence-corrected chi connectivity index (χ1v) is 4.35. The molecule has 0 aromatic heterocycles. The molecular weight excluding hydrogens is 242 g/mol. The second-order valence-corrected chi connectivity index (χ2v) is 3.06. The van der Waals surface area contributed by atoms with E-state index in [2.05, 4.69) is 15.9 Å². The van der Waals surface area contributed by atoms with Gasteiger partial charge in [0.15, 0.2) is 0 Å². The number of halogens is 3. The second-order valence-electron chi connectivity index (χ2n) is 1.57. The zero-order valence-corrected chi connectivity index (χ0v) is 8.12. The third kappa shape index (κ3) is 3.26. The summed E-state index contributed by atoms with van der Waals surface area (Å²) >= 11 is 13.8. The molecule has 0 amide bonds. The Bertz CT molecular complexity index is 139. The smallest absolute Gasteiger partial charge is 0.423 e. The Labute approximate surface area is 78.1 Å². The van der Waals surface area contributed by atoms with E-state index in [-0.39, 0.29) is 11.8 Å². The van der Waals surface area contributed by atoms with Gasteiger partial charge in [0.05, 0.1) is 5.88 Å². The Morgan fingerprint density at radius 2 is 1.80 bits per heavy atom. The maximum atomic E-state index is 8.64. The number of hydrogen-bond donors (Lipinski definition) is 2. The summed E-state index contributed by atoms with van der Waals surface area (Å²) < 4.78 is 0.527. The van der Waals surface area contributed by atoms with E-state index in [4.69, 9.17) is 33.2 Å². The van der Waals surface area contributed by atoms with Crippen molar-refractivity contribution in [2.75, 3.05) is 11.8 Å². The van der Waals surface area contributed by atoms with Gasteiger partial charge in [-0.05, 0) is 5.47 Å². The first-order valence-electron chi connectivity index (χ1n) is 2.49. The van der Waals surface area contributed by atoms with E-state index >= 15 is 0 Å². The highest BCUT2D eigenvalue weighted by atomic mass is 79.9.